The lowest BCUT2D eigenvalue weighted by Crippen LogP contribution is -2.71. The van der Waals surface area contributed by atoms with E-state index in [2.05, 4.69) is 15.8 Å². The zero-order valence-corrected chi connectivity index (χ0v) is 42.7. The maximum atomic E-state index is 14.7. The van der Waals surface area contributed by atoms with Crippen molar-refractivity contribution < 1.29 is 33.5 Å². The molecule has 2 aliphatic heterocycles. The third kappa shape index (κ3) is 11.5. The highest BCUT2D eigenvalue weighted by Gasteiger charge is 2.55. The predicted molar refractivity (Wildman–Crippen MR) is 294 cm³/mol. The minimum absolute atomic E-state index is 0.0160. The van der Waals surface area contributed by atoms with Crippen molar-refractivity contribution in [1.29, 1.82) is 0 Å². The van der Waals surface area contributed by atoms with Crippen LogP contribution in [0.1, 0.15) is 50.7 Å². The molecule has 15 heteroatoms. The van der Waals surface area contributed by atoms with Gasteiger partial charge >= 0.3 is 11.9 Å². The Morgan fingerprint density at radius 2 is 1.20 bits per heavy atom. The molecule has 10 rings (SSSR count). The Bertz CT molecular complexity index is 3160. The average molecular weight is 1050 g/mol. The van der Waals surface area contributed by atoms with Crippen LogP contribution in [-0.2, 0) is 51.4 Å². The van der Waals surface area contributed by atoms with Gasteiger partial charge in [0.25, 0.3) is 11.8 Å². The SMILES string of the molecule is O=C(CO/N=C(\C(=O)N[C@@H]1C(=O)N2C(C(=O)OC(c3ccccc3)c3ccccc3)=C(SCc3ccccc3)CS[C@H]12)c1csc(NC(c2ccccc2)(c2ccccc2)c2ccccc2)n1)OCc1ccccc1. The average Bonchev–Trinajstić information content (AvgIpc) is 3.94. The lowest BCUT2D eigenvalue weighted by Gasteiger charge is -2.49. The molecule has 2 atom stereocenters. The van der Waals surface area contributed by atoms with Gasteiger partial charge in [0.15, 0.2) is 16.9 Å². The molecule has 2 N–H and O–H groups in total. The lowest BCUT2D eigenvalue weighted by atomic mass is 9.77. The summed E-state index contributed by atoms with van der Waals surface area (Å²) in [6, 6.07) is 67.0. The van der Waals surface area contributed by atoms with Crippen molar-refractivity contribution in [3.8, 4) is 0 Å². The Morgan fingerprint density at radius 3 is 1.75 bits per heavy atom. The number of ether oxygens (including phenoxy) is 2. The van der Waals surface area contributed by atoms with Crippen LogP contribution >= 0.6 is 34.9 Å². The van der Waals surface area contributed by atoms with Gasteiger partial charge in [0.1, 0.15) is 35.0 Å². The summed E-state index contributed by atoms with van der Waals surface area (Å²) in [6.45, 7) is -0.596. The fourth-order valence-electron chi connectivity index (χ4n) is 8.91. The second-order valence-corrected chi connectivity index (χ2v) is 20.4. The summed E-state index contributed by atoms with van der Waals surface area (Å²) in [5.41, 5.74) is 5.22. The number of aromatic nitrogens is 1. The highest BCUT2D eigenvalue weighted by atomic mass is 32.2. The summed E-state index contributed by atoms with van der Waals surface area (Å²) in [5.74, 6) is -1.75. The quantitative estimate of drug-likeness (QED) is 0.0247. The van der Waals surface area contributed by atoms with E-state index in [0.717, 1.165) is 38.9 Å². The van der Waals surface area contributed by atoms with Crippen LogP contribution in [0.2, 0.25) is 0 Å². The van der Waals surface area contributed by atoms with E-state index in [1.54, 1.807) is 5.38 Å². The monoisotopic (exact) mass is 1050 g/mol. The number of thioether (sulfide) groups is 2. The Labute approximate surface area is 446 Å². The lowest BCUT2D eigenvalue weighted by molar-refractivity contribution is -0.154. The van der Waals surface area contributed by atoms with Crippen molar-refractivity contribution >= 4 is 69.5 Å². The van der Waals surface area contributed by atoms with Crippen molar-refractivity contribution in [3.05, 3.63) is 273 Å². The summed E-state index contributed by atoms with van der Waals surface area (Å²) in [7, 11) is 0. The standard InChI is InChI=1S/C60H49N5O7S3/c66-50(70-36-41-22-8-1-9-23-41)37-71-64-51(48-39-75-59(61-48)63-60(45-30-16-5-17-31-45,46-32-18-6-19-33-46)47-34-20-7-21-35-47)55(67)62-52-56(68)65-53(49(40-74-57(52)65)73-38-42-24-10-2-11-25-42)58(69)72-54(43-26-12-3-13-27-43)44-28-14-4-15-29-44/h1-35,39,52,54,57H,36-38,40H2,(H,61,63)(H,62,67)/b64-51-/t52-,57-/m1/s1. The molecule has 0 aliphatic carbocycles. The number of nitrogens with one attached hydrogen (secondary N) is 2. The zero-order chi connectivity index (χ0) is 51.4. The number of nitrogens with zero attached hydrogens (tertiary/aromatic N) is 3. The van der Waals surface area contributed by atoms with Gasteiger partial charge in [0.2, 0.25) is 6.61 Å². The molecule has 7 aromatic carbocycles. The maximum Gasteiger partial charge on any atom is 0.356 e. The molecule has 0 saturated carbocycles. The Balaban J connectivity index is 0.944. The molecule has 374 valence electrons. The molecule has 2 amide bonds. The first kappa shape index (κ1) is 50.3. The van der Waals surface area contributed by atoms with Gasteiger partial charge in [-0.15, -0.1) is 34.9 Å². The van der Waals surface area contributed by atoms with Crippen LogP contribution in [0.4, 0.5) is 5.13 Å². The highest BCUT2D eigenvalue weighted by molar-refractivity contribution is 8.05. The fraction of sp³-hybridized carbons (Fsp3) is 0.133. The number of amides is 2. The molecule has 2 aliphatic rings. The second kappa shape index (κ2) is 23.7. The van der Waals surface area contributed by atoms with E-state index in [9.17, 15) is 19.2 Å². The summed E-state index contributed by atoms with van der Waals surface area (Å²) < 4.78 is 11.8. The summed E-state index contributed by atoms with van der Waals surface area (Å²) in [5, 5.41) is 12.3. The van der Waals surface area contributed by atoms with Crippen LogP contribution in [0.15, 0.2) is 233 Å². The number of thiazole rings is 1. The topological polar surface area (TPSA) is 149 Å². The van der Waals surface area contributed by atoms with Crippen LogP contribution < -0.4 is 10.6 Å². The van der Waals surface area contributed by atoms with Gasteiger partial charge in [0, 0.05) is 21.8 Å². The van der Waals surface area contributed by atoms with E-state index in [4.69, 9.17) is 19.3 Å². The smallest absolute Gasteiger partial charge is 0.356 e. The summed E-state index contributed by atoms with van der Waals surface area (Å²) in [4.78, 5) is 69.6. The molecule has 75 heavy (non-hydrogen) atoms. The minimum Gasteiger partial charge on any atom is -0.458 e. The van der Waals surface area contributed by atoms with Crippen LogP contribution in [-0.4, -0.2) is 63.1 Å². The third-order valence-corrected chi connectivity index (χ3v) is 15.9. The number of benzene rings is 7. The molecule has 0 bridgehead atoms. The van der Waals surface area contributed by atoms with Crippen molar-refractivity contribution in [2.24, 2.45) is 5.16 Å². The minimum atomic E-state index is -1.08. The van der Waals surface area contributed by atoms with Crippen LogP contribution in [0.5, 0.6) is 0 Å². The van der Waals surface area contributed by atoms with Crippen molar-refractivity contribution in [2.45, 2.75) is 35.4 Å². The van der Waals surface area contributed by atoms with E-state index in [1.807, 2.05) is 212 Å². The number of anilines is 1. The maximum absolute atomic E-state index is 14.7. The number of hydrogen-bond acceptors (Lipinski definition) is 13. The molecule has 8 aromatic rings. The first-order valence-electron chi connectivity index (χ1n) is 24.1. The third-order valence-electron chi connectivity index (χ3n) is 12.6. The Hall–Kier alpha value is -8.24. The number of carbonyl (C=O) groups is 4. The largest absolute Gasteiger partial charge is 0.458 e. The summed E-state index contributed by atoms with van der Waals surface area (Å²) >= 11 is 4.15. The number of β-lactam (4-membered cyclic amide) rings is 1. The zero-order valence-electron chi connectivity index (χ0n) is 40.3. The van der Waals surface area contributed by atoms with E-state index in [-0.39, 0.29) is 23.7 Å². The van der Waals surface area contributed by atoms with Gasteiger partial charge in [-0.05, 0) is 38.9 Å². The van der Waals surface area contributed by atoms with Gasteiger partial charge in [0.05, 0.1) is 0 Å². The second-order valence-electron chi connectivity index (χ2n) is 17.4. The fourth-order valence-corrected chi connectivity index (χ4v) is 12.2. The molecule has 3 heterocycles. The molecule has 1 fully saturated rings. The molecule has 0 spiro atoms. The van der Waals surface area contributed by atoms with Gasteiger partial charge < -0.3 is 24.9 Å². The van der Waals surface area contributed by atoms with Crippen molar-refractivity contribution in [1.82, 2.24) is 15.2 Å². The number of oxime groups is 1. The van der Waals surface area contributed by atoms with Gasteiger partial charge in [-0.1, -0.05) is 217 Å². The van der Waals surface area contributed by atoms with E-state index in [1.165, 1.54) is 39.8 Å². The van der Waals surface area contributed by atoms with Crippen molar-refractivity contribution in [2.75, 3.05) is 17.7 Å². The predicted octanol–water partition coefficient (Wildman–Crippen LogP) is 10.9. The van der Waals surface area contributed by atoms with Gasteiger partial charge in [-0.2, -0.15) is 0 Å². The molecule has 12 nitrogen and oxygen atoms in total. The molecular weight excluding hydrogens is 999 g/mol. The van der Waals surface area contributed by atoms with E-state index >= 15 is 0 Å². The number of esters is 2. The Morgan fingerprint density at radius 1 is 0.693 bits per heavy atom. The number of rotatable bonds is 20. The first-order chi connectivity index (χ1) is 36.9. The highest BCUT2D eigenvalue weighted by Crippen LogP contribution is 2.46. The molecular formula is C60H49N5O7S3. The van der Waals surface area contributed by atoms with Gasteiger partial charge in [-0.25, -0.2) is 14.6 Å². The number of hydrogen-bond donors (Lipinski definition) is 2. The van der Waals surface area contributed by atoms with E-state index < -0.39 is 53.4 Å². The molecule has 0 unspecified atom stereocenters. The molecule has 0 radical (unpaired) electrons. The summed E-state index contributed by atoms with van der Waals surface area (Å²) in [6.07, 6.45) is -0.766. The van der Waals surface area contributed by atoms with E-state index in [0.29, 0.717) is 21.5 Å². The van der Waals surface area contributed by atoms with Gasteiger partial charge in [-0.3, -0.25) is 14.5 Å². The van der Waals surface area contributed by atoms with Crippen molar-refractivity contribution in [3.63, 3.8) is 0 Å². The molecule has 1 aromatic heterocycles. The number of fused-ring (bicyclic) bond motifs is 1. The van der Waals surface area contributed by atoms with Crippen LogP contribution in [0.3, 0.4) is 0 Å². The normalized spacial score (nSPS) is 15.3. The first-order valence-corrected chi connectivity index (χ1v) is 27.0. The van der Waals surface area contributed by atoms with Crippen LogP contribution in [0.25, 0.3) is 0 Å². The molecule has 1 saturated heterocycles. The van der Waals surface area contributed by atoms with Crippen LogP contribution in [0, 0.1) is 0 Å². The number of carbonyl (C=O) groups excluding carboxylic acids is 4. The Kier molecular flexibility index (Phi) is 15.9.